The van der Waals surface area contributed by atoms with Crippen LogP contribution < -0.4 is 5.56 Å². The first-order valence-corrected chi connectivity index (χ1v) is 10.9. The van der Waals surface area contributed by atoms with Crippen LogP contribution in [-0.2, 0) is 19.5 Å². The molecule has 1 N–H and O–H groups in total. The highest BCUT2D eigenvalue weighted by Gasteiger charge is 2.23. The predicted molar refractivity (Wildman–Crippen MR) is 114 cm³/mol. The van der Waals surface area contributed by atoms with Gasteiger partial charge in [0.2, 0.25) is 0 Å². The van der Waals surface area contributed by atoms with Gasteiger partial charge in [0.05, 0.1) is 17.0 Å². The van der Waals surface area contributed by atoms with Gasteiger partial charge in [0.15, 0.2) is 5.82 Å². The van der Waals surface area contributed by atoms with Gasteiger partial charge in [-0.05, 0) is 43.2 Å². The summed E-state index contributed by atoms with van der Waals surface area (Å²) < 4.78 is 1.34. The van der Waals surface area contributed by atoms with Crippen molar-refractivity contribution < 1.29 is 0 Å². The largest absolute Gasteiger partial charge is 0.305 e. The van der Waals surface area contributed by atoms with Gasteiger partial charge in [-0.3, -0.25) is 14.7 Å². The molecule has 5 rings (SSSR count). The summed E-state index contributed by atoms with van der Waals surface area (Å²) in [5.41, 5.74) is 4.12. The van der Waals surface area contributed by atoms with Gasteiger partial charge in [-0.15, -0.1) is 11.3 Å². The maximum atomic E-state index is 12.8. The van der Waals surface area contributed by atoms with E-state index in [9.17, 15) is 4.79 Å². The Kier molecular flexibility index (Phi) is 4.61. The minimum atomic E-state index is 0.00559. The molecule has 0 radical (unpaired) electrons. The number of aryl methyl sites for hydroxylation is 1. The van der Waals surface area contributed by atoms with Crippen molar-refractivity contribution >= 4 is 27.1 Å². The second-order valence-corrected chi connectivity index (χ2v) is 8.87. The molecule has 4 heterocycles. The van der Waals surface area contributed by atoms with Gasteiger partial charge in [-0.1, -0.05) is 18.2 Å². The van der Waals surface area contributed by atoms with E-state index in [0.717, 1.165) is 62.3 Å². The van der Waals surface area contributed by atoms with Gasteiger partial charge >= 0.3 is 0 Å². The molecule has 28 heavy (non-hydrogen) atoms. The van der Waals surface area contributed by atoms with Crippen LogP contribution in [0.15, 0.2) is 34.1 Å². The summed E-state index contributed by atoms with van der Waals surface area (Å²) in [6, 6.07) is 8.58. The molecule has 2 aliphatic rings. The van der Waals surface area contributed by atoms with E-state index < -0.39 is 0 Å². The van der Waals surface area contributed by atoms with Crippen LogP contribution in [0.3, 0.4) is 0 Å². The van der Waals surface area contributed by atoms with E-state index in [-0.39, 0.29) is 5.56 Å². The van der Waals surface area contributed by atoms with E-state index in [2.05, 4.69) is 46.1 Å². The smallest absolute Gasteiger partial charge is 0.255 e. The topological polar surface area (TPSA) is 61.4 Å². The van der Waals surface area contributed by atoms with E-state index in [0.29, 0.717) is 12.4 Å². The Morgan fingerprint density at radius 2 is 2.11 bits per heavy atom. The Morgan fingerprint density at radius 3 is 2.93 bits per heavy atom. The zero-order valence-electron chi connectivity index (χ0n) is 16.1. The molecule has 0 aliphatic carbocycles. The molecular formula is C22H24N4OS. The van der Waals surface area contributed by atoms with Crippen molar-refractivity contribution in [3.05, 3.63) is 62.1 Å². The molecule has 0 fully saturated rings. The Labute approximate surface area is 168 Å². The summed E-state index contributed by atoms with van der Waals surface area (Å²) in [7, 11) is 0. The summed E-state index contributed by atoms with van der Waals surface area (Å²) in [5.74, 6) is 0.692. The summed E-state index contributed by atoms with van der Waals surface area (Å²) in [5, 5.41) is 1.34. The fourth-order valence-corrected chi connectivity index (χ4v) is 5.48. The second-order valence-electron chi connectivity index (χ2n) is 7.73. The summed E-state index contributed by atoms with van der Waals surface area (Å²) in [6.07, 6.45) is 4.00. The highest BCUT2D eigenvalue weighted by Crippen LogP contribution is 2.32. The number of nitrogens with one attached hydrogen (secondary N) is 1. The maximum Gasteiger partial charge on any atom is 0.255 e. The van der Waals surface area contributed by atoms with Gasteiger partial charge < -0.3 is 4.98 Å². The molecule has 0 saturated carbocycles. The van der Waals surface area contributed by atoms with Crippen molar-refractivity contribution in [1.29, 1.82) is 0 Å². The van der Waals surface area contributed by atoms with Crippen LogP contribution in [-0.4, -0.2) is 33.7 Å². The first kappa shape index (κ1) is 17.8. The van der Waals surface area contributed by atoms with Crippen LogP contribution in [0, 0.1) is 6.92 Å². The average Bonchev–Trinajstić information content (AvgIpc) is 3.04. The number of H-pyrrole nitrogens is 1. The van der Waals surface area contributed by atoms with Gasteiger partial charge in [0.25, 0.3) is 5.56 Å². The highest BCUT2D eigenvalue weighted by atomic mass is 32.1. The number of hydrogen-bond donors (Lipinski definition) is 1. The van der Waals surface area contributed by atoms with E-state index in [4.69, 9.17) is 4.98 Å². The van der Waals surface area contributed by atoms with Crippen LogP contribution in [0.25, 0.3) is 10.1 Å². The molecule has 3 aromatic rings. The number of fused-ring (bicyclic) bond motifs is 2. The molecule has 0 amide bonds. The SMILES string of the molecule is Cc1c(CN2CCc3nc(C4=NCCCC4)[nH]c(=O)c3C2)sc2ccccc12. The number of aliphatic imine (C=N–C) groups is 1. The lowest BCUT2D eigenvalue weighted by molar-refractivity contribution is 0.243. The minimum absolute atomic E-state index is 0.00559. The van der Waals surface area contributed by atoms with Crippen molar-refractivity contribution in [3.63, 3.8) is 0 Å². The van der Waals surface area contributed by atoms with Crippen LogP contribution in [0.1, 0.15) is 46.8 Å². The Hall–Kier alpha value is -2.31. The van der Waals surface area contributed by atoms with Crippen LogP contribution in [0.2, 0.25) is 0 Å². The van der Waals surface area contributed by atoms with Gasteiger partial charge in [0, 0.05) is 42.2 Å². The molecule has 2 aromatic heterocycles. The van der Waals surface area contributed by atoms with Gasteiger partial charge in [-0.2, -0.15) is 0 Å². The Bertz CT molecular complexity index is 1130. The first-order valence-electron chi connectivity index (χ1n) is 10.0. The molecule has 0 atom stereocenters. The van der Waals surface area contributed by atoms with E-state index >= 15 is 0 Å². The lowest BCUT2D eigenvalue weighted by Crippen LogP contribution is -2.36. The summed E-state index contributed by atoms with van der Waals surface area (Å²) in [4.78, 5) is 28.9. The number of aromatic amines is 1. The molecule has 6 heteroatoms. The van der Waals surface area contributed by atoms with Crippen LogP contribution >= 0.6 is 11.3 Å². The molecule has 0 bridgehead atoms. The summed E-state index contributed by atoms with van der Waals surface area (Å²) >= 11 is 1.87. The van der Waals surface area contributed by atoms with Crippen molar-refractivity contribution in [2.75, 3.05) is 13.1 Å². The second kappa shape index (κ2) is 7.26. The number of rotatable bonds is 3. The zero-order valence-corrected chi connectivity index (χ0v) is 16.9. The number of nitrogens with zero attached hydrogens (tertiary/aromatic N) is 3. The monoisotopic (exact) mass is 392 g/mol. The molecule has 0 unspecified atom stereocenters. The molecule has 0 spiro atoms. The molecule has 1 aromatic carbocycles. The quantitative estimate of drug-likeness (QED) is 0.737. The molecule has 0 saturated heterocycles. The minimum Gasteiger partial charge on any atom is -0.305 e. The molecule has 2 aliphatic heterocycles. The van der Waals surface area contributed by atoms with E-state index in [1.54, 1.807) is 0 Å². The number of aromatic nitrogens is 2. The standard InChI is InChI=1S/C22H24N4OS/c1-14-15-6-2-3-8-19(15)28-20(14)13-26-11-9-17-16(12-26)22(27)25-21(24-17)18-7-4-5-10-23-18/h2-3,6,8H,4-5,7,9-13H2,1H3,(H,24,25,27). The lowest BCUT2D eigenvalue weighted by Gasteiger charge is -2.27. The third kappa shape index (κ3) is 3.20. The Morgan fingerprint density at radius 1 is 1.21 bits per heavy atom. The van der Waals surface area contributed by atoms with Gasteiger partial charge in [-0.25, -0.2) is 4.98 Å². The third-order valence-corrected chi connectivity index (χ3v) is 7.11. The van der Waals surface area contributed by atoms with Crippen LogP contribution in [0.5, 0.6) is 0 Å². The molecule has 144 valence electrons. The Balaban J connectivity index is 1.40. The van der Waals surface area contributed by atoms with Crippen molar-refractivity contribution in [1.82, 2.24) is 14.9 Å². The zero-order chi connectivity index (χ0) is 19.1. The van der Waals surface area contributed by atoms with E-state index in [1.807, 2.05) is 11.3 Å². The summed E-state index contributed by atoms with van der Waals surface area (Å²) in [6.45, 7) is 5.54. The first-order chi connectivity index (χ1) is 13.7. The van der Waals surface area contributed by atoms with Gasteiger partial charge in [0.1, 0.15) is 0 Å². The molecular weight excluding hydrogens is 368 g/mol. The number of thiophene rings is 1. The molecule has 5 nitrogen and oxygen atoms in total. The van der Waals surface area contributed by atoms with Crippen molar-refractivity contribution in [2.45, 2.75) is 45.7 Å². The van der Waals surface area contributed by atoms with Crippen molar-refractivity contribution in [2.24, 2.45) is 4.99 Å². The van der Waals surface area contributed by atoms with Crippen LogP contribution in [0.4, 0.5) is 0 Å². The van der Waals surface area contributed by atoms with Crippen molar-refractivity contribution in [3.8, 4) is 0 Å². The maximum absolute atomic E-state index is 12.8. The fraction of sp³-hybridized carbons (Fsp3) is 0.409. The highest BCUT2D eigenvalue weighted by molar-refractivity contribution is 7.19. The third-order valence-electron chi connectivity index (χ3n) is 5.86. The predicted octanol–water partition coefficient (Wildman–Crippen LogP) is 3.82. The number of benzene rings is 1. The van der Waals surface area contributed by atoms with E-state index in [1.165, 1.54) is 20.5 Å². The number of hydrogen-bond acceptors (Lipinski definition) is 5. The lowest BCUT2D eigenvalue weighted by atomic mass is 10.0. The normalized spacial score (nSPS) is 17.5. The fourth-order valence-electron chi connectivity index (χ4n) is 4.22. The average molecular weight is 393 g/mol.